The second kappa shape index (κ2) is 12.4. The molecule has 0 atom stereocenters. The number of hydrogen-bond acceptors (Lipinski definition) is 4. The molecule has 0 aliphatic heterocycles. The molecule has 6 rings (SSSR count). The number of carboxylic acid groups (broad SMARTS) is 2. The lowest BCUT2D eigenvalue weighted by atomic mass is 9.99. The minimum Gasteiger partial charge on any atom is -0.478 e. The molecule has 0 fully saturated rings. The standard InChI is InChI=1S/C19H14O4.C18H14O2/c1-12(20)23-18-8-6-13(7-9-18)14-2-3-16-11-17(19(21)22)5-4-15(16)10-14;1-12-2-4-13(5-3-12)14-6-7-16-11-17(18(19)20)9-8-15(16)10-14/h2-11H,1H3,(H,21,22);2-11H,1H3,(H,19,20). The molecule has 0 saturated carbocycles. The Labute approximate surface area is 248 Å². The highest BCUT2D eigenvalue weighted by Gasteiger charge is 2.07. The Kier molecular flexibility index (Phi) is 8.30. The first kappa shape index (κ1) is 28.8. The molecule has 43 heavy (non-hydrogen) atoms. The fourth-order valence-corrected chi connectivity index (χ4v) is 4.74. The summed E-state index contributed by atoms with van der Waals surface area (Å²) < 4.78 is 5.02. The summed E-state index contributed by atoms with van der Waals surface area (Å²) in [6.07, 6.45) is 0. The van der Waals surface area contributed by atoms with Gasteiger partial charge in [-0.05, 0) is 99.3 Å². The van der Waals surface area contributed by atoms with Crippen molar-refractivity contribution in [3.05, 3.63) is 138 Å². The van der Waals surface area contributed by atoms with Gasteiger partial charge in [0.25, 0.3) is 0 Å². The van der Waals surface area contributed by atoms with Crippen LogP contribution in [0.15, 0.2) is 121 Å². The molecule has 0 aliphatic rings. The van der Waals surface area contributed by atoms with Crippen LogP contribution in [0.2, 0.25) is 0 Å². The second-order valence-electron chi connectivity index (χ2n) is 10.1. The third kappa shape index (κ3) is 6.94. The molecule has 0 radical (unpaired) electrons. The van der Waals surface area contributed by atoms with Gasteiger partial charge in [-0.2, -0.15) is 0 Å². The maximum Gasteiger partial charge on any atom is 0.335 e. The summed E-state index contributed by atoms with van der Waals surface area (Å²) >= 11 is 0. The minimum atomic E-state index is -0.933. The number of esters is 1. The van der Waals surface area contributed by atoms with Gasteiger partial charge in [0.05, 0.1) is 11.1 Å². The van der Waals surface area contributed by atoms with Crippen LogP contribution in [0.5, 0.6) is 5.75 Å². The van der Waals surface area contributed by atoms with E-state index in [9.17, 15) is 14.4 Å². The summed E-state index contributed by atoms with van der Waals surface area (Å²) in [5.74, 6) is -1.67. The summed E-state index contributed by atoms with van der Waals surface area (Å²) in [5.41, 5.74) is 6.14. The number of aromatic carboxylic acids is 2. The molecule has 2 N–H and O–H groups in total. The maximum atomic E-state index is 11.0. The molecule has 212 valence electrons. The van der Waals surface area contributed by atoms with Crippen LogP contribution in [0.4, 0.5) is 0 Å². The van der Waals surface area contributed by atoms with Gasteiger partial charge in [-0.25, -0.2) is 9.59 Å². The highest BCUT2D eigenvalue weighted by Crippen LogP contribution is 2.28. The molecular weight excluding hydrogens is 540 g/mol. The molecule has 0 aliphatic carbocycles. The Hall–Kier alpha value is -5.75. The lowest BCUT2D eigenvalue weighted by Crippen LogP contribution is -2.00. The van der Waals surface area contributed by atoms with E-state index in [1.165, 1.54) is 18.1 Å². The van der Waals surface area contributed by atoms with E-state index in [4.69, 9.17) is 14.9 Å². The van der Waals surface area contributed by atoms with Crippen molar-refractivity contribution in [3.63, 3.8) is 0 Å². The summed E-state index contributed by atoms with van der Waals surface area (Å²) in [4.78, 5) is 32.9. The quantitative estimate of drug-likeness (QED) is 0.159. The summed E-state index contributed by atoms with van der Waals surface area (Å²) in [5, 5.41) is 21.9. The van der Waals surface area contributed by atoms with Crippen molar-refractivity contribution in [2.24, 2.45) is 0 Å². The van der Waals surface area contributed by atoms with Gasteiger partial charge in [0, 0.05) is 6.92 Å². The Morgan fingerprint density at radius 3 is 1.28 bits per heavy atom. The van der Waals surface area contributed by atoms with Gasteiger partial charge in [-0.1, -0.05) is 78.4 Å². The predicted molar refractivity (Wildman–Crippen MR) is 169 cm³/mol. The highest BCUT2D eigenvalue weighted by molar-refractivity contribution is 5.96. The molecule has 6 nitrogen and oxygen atoms in total. The van der Waals surface area contributed by atoms with E-state index >= 15 is 0 Å². The highest BCUT2D eigenvalue weighted by atomic mass is 16.5. The van der Waals surface area contributed by atoms with Gasteiger partial charge >= 0.3 is 17.9 Å². The van der Waals surface area contributed by atoms with Gasteiger partial charge in [-0.15, -0.1) is 0 Å². The van der Waals surface area contributed by atoms with Crippen LogP contribution in [0, 0.1) is 6.92 Å². The van der Waals surface area contributed by atoms with Gasteiger partial charge in [0.2, 0.25) is 0 Å². The summed E-state index contributed by atoms with van der Waals surface area (Å²) in [6.45, 7) is 3.43. The zero-order valence-corrected chi connectivity index (χ0v) is 23.6. The average Bonchev–Trinajstić information content (AvgIpc) is 3.00. The van der Waals surface area contributed by atoms with Crippen LogP contribution in [0.1, 0.15) is 33.2 Å². The fourth-order valence-electron chi connectivity index (χ4n) is 4.74. The van der Waals surface area contributed by atoms with Crippen LogP contribution >= 0.6 is 0 Å². The van der Waals surface area contributed by atoms with Crippen LogP contribution in [-0.2, 0) is 4.79 Å². The number of benzene rings is 6. The maximum absolute atomic E-state index is 11.0. The number of rotatable bonds is 5. The summed E-state index contributed by atoms with van der Waals surface area (Å²) in [7, 11) is 0. The van der Waals surface area contributed by atoms with E-state index in [-0.39, 0.29) is 11.5 Å². The molecule has 0 amide bonds. The van der Waals surface area contributed by atoms with Crippen LogP contribution < -0.4 is 4.74 Å². The molecule has 6 aromatic carbocycles. The van der Waals surface area contributed by atoms with E-state index in [0.717, 1.165) is 38.2 Å². The van der Waals surface area contributed by atoms with Crippen molar-refractivity contribution < 1.29 is 29.3 Å². The monoisotopic (exact) mass is 568 g/mol. The van der Waals surface area contributed by atoms with E-state index in [1.54, 1.807) is 42.5 Å². The number of carboxylic acids is 2. The van der Waals surface area contributed by atoms with Gasteiger partial charge in [0.1, 0.15) is 5.75 Å². The molecule has 0 bridgehead atoms. The molecule has 6 heteroatoms. The van der Waals surface area contributed by atoms with Gasteiger partial charge in [-0.3, -0.25) is 4.79 Å². The van der Waals surface area contributed by atoms with Crippen molar-refractivity contribution in [1.29, 1.82) is 0 Å². The molecule has 0 heterocycles. The first-order valence-corrected chi connectivity index (χ1v) is 13.6. The number of carbonyl (C=O) groups is 3. The van der Waals surface area contributed by atoms with E-state index < -0.39 is 11.9 Å². The first-order valence-electron chi connectivity index (χ1n) is 13.6. The Morgan fingerprint density at radius 2 is 0.860 bits per heavy atom. The molecule has 0 spiro atoms. The topological polar surface area (TPSA) is 101 Å². The SMILES string of the molecule is CC(=O)Oc1ccc(-c2ccc3cc(C(=O)O)ccc3c2)cc1.Cc1ccc(-c2ccc3cc(C(=O)O)ccc3c2)cc1. The number of ether oxygens (including phenoxy) is 1. The van der Waals surface area contributed by atoms with Crippen LogP contribution in [0.25, 0.3) is 43.8 Å². The van der Waals surface area contributed by atoms with Crippen molar-refractivity contribution in [3.8, 4) is 28.0 Å². The van der Waals surface area contributed by atoms with Crippen molar-refractivity contribution in [1.82, 2.24) is 0 Å². The normalized spacial score (nSPS) is 10.6. The third-order valence-corrected chi connectivity index (χ3v) is 7.01. The number of hydrogen-bond donors (Lipinski definition) is 2. The second-order valence-corrected chi connectivity index (χ2v) is 10.1. The fraction of sp³-hybridized carbons (Fsp3) is 0.0541. The van der Waals surface area contributed by atoms with Crippen molar-refractivity contribution in [2.45, 2.75) is 13.8 Å². The Bertz CT molecular complexity index is 1970. The lowest BCUT2D eigenvalue weighted by Gasteiger charge is -2.06. The smallest absolute Gasteiger partial charge is 0.335 e. The third-order valence-electron chi connectivity index (χ3n) is 7.01. The van der Waals surface area contributed by atoms with Crippen LogP contribution in [-0.4, -0.2) is 28.1 Å². The predicted octanol–water partition coefficient (Wildman–Crippen LogP) is 8.64. The number of fused-ring (bicyclic) bond motifs is 2. The molecular formula is C37H28O6. The zero-order chi connectivity index (χ0) is 30.5. The largest absolute Gasteiger partial charge is 0.478 e. The first-order chi connectivity index (χ1) is 20.7. The van der Waals surface area contributed by atoms with Gasteiger partial charge < -0.3 is 14.9 Å². The Balaban J connectivity index is 0.000000173. The van der Waals surface area contributed by atoms with Crippen molar-refractivity contribution in [2.75, 3.05) is 0 Å². The molecule has 0 unspecified atom stereocenters. The van der Waals surface area contributed by atoms with Gasteiger partial charge in [0.15, 0.2) is 0 Å². The lowest BCUT2D eigenvalue weighted by molar-refractivity contribution is -0.131. The van der Waals surface area contributed by atoms with E-state index in [2.05, 4.69) is 37.3 Å². The van der Waals surface area contributed by atoms with Crippen molar-refractivity contribution >= 4 is 39.5 Å². The zero-order valence-electron chi connectivity index (χ0n) is 23.6. The molecule has 0 aromatic heterocycles. The Morgan fingerprint density at radius 1 is 0.488 bits per heavy atom. The number of carbonyl (C=O) groups excluding carboxylic acids is 1. The average molecular weight is 569 g/mol. The van der Waals surface area contributed by atoms with E-state index in [0.29, 0.717) is 11.3 Å². The summed E-state index contributed by atoms with van der Waals surface area (Å²) in [6, 6.07) is 37.8. The molecule has 6 aromatic rings. The van der Waals surface area contributed by atoms with Crippen LogP contribution in [0.3, 0.4) is 0 Å². The molecule has 0 saturated heterocycles. The van der Waals surface area contributed by atoms with E-state index in [1.807, 2.05) is 48.5 Å². The minimum absolute atomic E-state index is 0.274. The number of aryl methyl sites for hydroxylation is 1.